The van der Waals surface area contributed by atoms with E-state index in [4.69, 9.17) is 17.0 Å². The van der Waals surface area contributed by atoms with Crippen LogP contribution in [-0.4, -0.2) is 42.2 Å². The number of nitrogens with zero attached hydrogens (tertiary/aromatic N) is 1. The van der Waals surface area contributed by atoms with Gasteiger partial charge in [-0.1, -0.05) is 13.8 Å². The smallest absolute Gasteiger partial charge is 0.251 e. The highest BCUT2D eigenvalue weighted by Crippen LogP contribution is 2.14. The highest BCUT2D eigenvalue weighted by atomic mass is 32.1. The standard InChI is InChI=1S/C10H18N2O2S/c1-7(2)8-9(13)12(10(15)11-8)5-4-6-14-3/h7-8H,4-6H2,1-3H3,(H,11,15). The van der Waals surface area contributed by atoms with Crippen LogP contribution in [0.1, 0.15) is 20.3 Å². The topological polar surface area (TPSA) is 41.6 Å². The van der Waals surface area contributed by atoms with Crippen LogP contribution in [0.4, 0.5) is 0 Å². The molecule has 1 fully saturated rings. The molecule has 1 unspecified atom stereocenters. The third kappa shape index (κ3) is 2.89. The molecule has 1 aliphatic heterocycles. The fourth-order valence-corrected chi connectivity index (χ4v) is 1.88. The zero-order valence-electron chi connectivity index (χ0n) is 9.45. The molecule has 1 saturated heterocycles. The molecule has 0 aromatic carbocycles. The summed E-state index contributed by atoms with van der Waals surface area (Å²) in [4.78, 5) is 13.5. The van der Waals surface area contributed by atoms with Crippen molar-refractivity contribution in [2.24, 2.45) is 5.92 Å². The van der Waals surface area contributed by atoms with Crippen molar-refractivity contribution in [1.82, 2.24) is 10.2 Å². The molecular weight excluding hydrogens is 212 g/mol. The lowest BCUT2D eigenvalue weighted by Gasteiger charge is -2.15. The van der Waals surface area contributed by atoms with E-state index >= 15 is 0 Å². The van der Waals surface area contributed by atoms with Gasteiger partial charge in [0.15, 0.2) is 5.11 Å². The molecule has 0 aromatic rings. The molecule has 1 aliphatic rings. The molecule has 1 heterocycles. The zero-order chi connectivity index (χ0) is 11.4. The van der Waals surface area contributed by atoms with E-state index in [-0.39, 0.29) is 17.9 Å². The van der Waals surface area contributed by atoms with Crippen molar-refractivity contribution in [2.75, 3.05) is 20.3 Å². The van der Waals surface area contributed by atoms with E-state index < -0.39 is 0 Å². The maximum atomic E-state index is 11.9. The Kier molecular flexibility index (Phi) is 4.47. The van der Waals surface area contributed by atoms with Gasteiger partial charge >= 0.3 is 0 Å². The Balaban J connectivity index is 2.51. The van der Waals surface area contributed by atoms with Crippen LogP contribution in [0.5, 0.6) is 0 Å². The molecule has 4 nitrogen and oxygen atoms in total. The van der Waals surface area contributed by atoms with Crippen LogP contribution in [-0.2, 0) is 9.53 Å². The van der Waals surface area contributed by atoms with Gasteiger partial charge in [0, 0.05) is 20.3 Å². The van der Waals surface area contributed by atoms with Gasteiger partial charge in [0.05, 0.1) is 0 Å². The van der Waals surface area contributed by atoms with Crippen molar-refractivity contribution >= 4 is 23.2 Å². The van der Waals surface area contributed by atoms with Crippen LogP contribution in [0.25, 0.3) is 0 Å². The molecule has 1 rings (SSSR count). The molecular formula is C10H18N2O2S. The predicted molar refractivity (Wildman–Crippen MR) is 62.6 cm³/mol. The number of hydrogen-bond acceptors (Lipinski definition) is 3. The minimum absolute atomic E-state index is 0.0890. The molecule has 5 heteroatoms. The van der Waals surface area contributed by atoms with Crippen LogP contribution in [0.15, 0.2) is 0 Å². The van der Waals surface area contributed by atoms with Gasteiger partial charge in [0.2, 0.25) is 0 Å². The number of carbonyl (C=O) groups excluding carboxylic acids is 1. The van der Waals surface area contributed by atoms with Gasteiger partial charge in [-0.3, -0.25) is 9.69 Å². The Morgan fingerprint density at radius 3 is 2.73 bits per heavy atom. The lowest BCUT2D eigenvalue weighted by molar-refractivity contribution is -0.128. The minimum atomic E-state index is -0.153. The SMILES string of the molecule is COCCCN1C(=O)C(C(C)C)NC1=S. The molecule has 0 aliphatic carbocycles. The van der Waals surface area contributed by atoms with Crippen LogP contribution in [0.3, 0.4) is 0 Å². The fourth-order valence-electron chi connectivity index (χ4n) is 1.57. The van der Waals surface area contributed by atoms with Crippen molar-refractivity contribution < 1.29 is 9.53 Å². The molecule has 15 heavy (non-hydrogen) atoms. The van der Waals surface area contributed by atoms with E-state index in [1.807, 2.05) is 13.8 Å². The second-order valence-electron chi connectivity index (χ2n) is 4.01. The summed E-state index contributed by atoms with van der Waals surface area (Å²) in [5, 5.41) is 3.60. The number of nitrogens with one attached hydrogen (secondary N) is 1. The van der Waals surface area contributed by atoms with E-state index in [2.05, 4.69) is 5.32 Å². The normalized spacial score (nSPS) is 21.3. The predicted octanol–water partition coefficient (Wildman–Crippen LogP) is 0.764. The summed E-state index contributed by atoms with van der Waals surface area (Å²) in [7, 11) is 1.65. The summed E-state index contributed by atoms with van der Waals surface area (Å²) < 4.78 is 4.94. The Bertz CT molecular complexity index is 256. The average Bonchev–Trinajstić information content (AvgIpc) is 2.45. The molecule has 0 bridgehead atoms. The number of methoxy groups -OCH3 is 1. The molecule has 0 saturated carbocycles. The Morgan fingerprint density at radius 2 is 2.27 bits per heavy atom. The van der Waals surface area contributed by atoms with Crippen molar-refractivity contribution in [1.29, 1.82) is 0 Å². The number of rotatable bonds is 5. The monoisotopic (exact) mass is 230 g/mol. The van der Waals surface area contributed by atoms with Gasteiger partial charge in [0.1, 0.15) is 6.04 Å². The molecule has 1 N–H and O–H groups in total. The van der Waals surface area contributed by atoms with Crippen LogP contribution in [0, 0.1) is 5.92 Å². The number of carbonyl (C=O) groups is 1. The van der Waals surface area contributed by atoms with E-state index in [0.29, 0.717) is 18.3 Å². The van der Waals surface area contributed by atoms with Crippen LogP contribution >= 0.6 is 12.2 Å². The van der Waals surface area contributed by atoms with E-state index in [1.54, 1.807) is 12.0 Å². The first-order valence-electron chi connectivity index (χ1n) is 5.18. The number of ether oxygens (including phenoxy) is 1. The summed E-state index contributed by atoms with van der Waals surface area (Å²) >= 11 is 5.12. The quantitative estimate of drug-likeness (QED) is 0.559. The molecule has 1 atom stereocenters. The Hall–Kier alpha value is -0.680. The second-order valence-corrected chi connectivity index (χ2v) is 4.39. The Labute approximate surface area is 96.0 Å². The lowest BCUT2D eigenvalue weighted by Crippen LogP contribution is -2.35. The summed E-state index contributed by atoms with van der Waals surface area (Å²) in [6.45, 7) is 5.31. The highest BCUT2D eigenvalue weighted by Gasteiger charge is 2.36. The molecule has 0 spiro atoms. The fraction of sp³-hybridized carbons (Fsp3) is 0.800. The summed E-state index contributed by atoms with van der Waals surface area (Å²) in [5.74, 6) is 0.356. The molecule has 1 amide bonds. The van der Waals surface area contributed by atoms with E-state index in [0.717, 1.165) is 6.42 Å². The minimum Gasteiger partial charge on any atom is -0.385 e. The number of amides is 1. The first-order valence-corrected chi connectivity index (χ1v) is 5.59. The largest absolute Gasteiger partial charge is 0.385 e. The zero-order valence-corrected chi connectivity index (χ0v) is 10.3. The number of hydrogen-bond donors (Lipinski definition) is 1. The highest BCUT2D eigenvalue weighted by molar-refractivity contribution is 7.80. The first-order chi connectivity index (χ1) is 7.07. The van der Waals surface area contributed by atoms with Gasteiger partial charge in [0.25, 0.3) is 5.91 Å². The van der Waals surface area contributed by atoms with Gasteiger partial charge in [-0.05, 0) is 24.6 Å². The average molecular weight is 230 g/mol. The summed E-state index contributed by atoms with van der Waals surface area (Å²) in [6.07, 6.45) is 0.814. The van der Waals surface area contributed by atoms with Gasteiger partial charge in [-0.2, -0.15) is 0 Å². The summed E-state index contributed by atoms with van der Waals surface area (Å²) in [5.41, 5.74) is 0. The summed E-state index contributed by atoms with van der Waals surface area (Å²) in [6, 6.07) is -0.153. The van der Waals surface area contributed by atoms with Crippen molar-refractivity contribution in [3.63, 3.8) is 0 Å². The molecule has 0 aromatic heterocycles. The van der Waals surface area contributed by atoms with Gasteiger partial charge in [-0.15, -0.1) is 0 Å². The molecule has 0 radical (unpaired) electrons. The van der Waals surface area contributed by atoms with Gasteiger partial charge in [-0.25, -0.2) is 0 Å². The van der Waals surface area contributed by atoms with Gasteiger partial charge < -0.3 is 10.1 Å². The second kappa shape index (κ2) is 5.42. The Morgan fingerprint density at radius 1 is 1.60 bits per heavy atom. The number of thiocarbonyl (C=S) groups is 1. The third-order valence-electron chi connectivity index (χ3n) is 2.45. The van der Waals surface area contributed by atoms with Crippen molar-refractivity contribution in [3.8, 4) is 0 Å². The third-order valence-corrected chi connectivity index (χ3v) is 2.79. The molecule has 86 valence electrons. The lowest BCUT2D eigenvalue weighted by atomic mass is 10.1. The maximum Gasteiger partial charge on any atom is 0.251 e. The van der Waals surface area contributed by atoms with Crippen molar-refractivity contribution in [2.45, 2.75) is 26.3 Å². The van der Waals surface area contributed by atoms with E-state index in [9.17, 15) is 4.79 Å². The van der Waals surface area contributed by atoms with Crippen LogP contribution < -0.4 is 5.32 Å². The maximum absolute atomic E-state index is 11.9. The van der Waals surface area contributed by atoms with Crippen LogP contribution in [0.2, 0.25) is 0 Å². The van der Waals surface area contributed by atoms with E-state index in [1.165, 1.54) is 0 Å². The first kappa shape index (κ1) is 12.4. The van der Waals surface area contributed by atoms with Crippen molar-refractivity contribution in [3.05, 3.63) is 0 Å².